The van der Waals surface area contributed by atoms with Crippen molar-refractivity contribution in [1.29, 1.82) is 0 Å². The van der Waals surface area contributed by atoms with Crippen LogP contribution in [0.1, 0.15) is 16.7 Å². The Balaban J connectivity index is 2.35. The highest BCUT2D eigenvalue weighted by molar-refractivity contribution is 9.10. The summed E-state index contributed by atoms with van der Waals surface area (Å²) >= 11 is 3.39. The van der Waals surface area contributed by atoms with Gasteiger partial charge in [-0.05, 0) is 60.0 Å². The zero-order chi connectivity index (χ0) is 12.4. The second-order valence-electron chi connectivity index (χ2n) is 4.08. The van der Waals surface area contributed by atoms with Crippen LogP contribution in [0.4, 0.5) is 0 Å². The van der Waals surface area contributed by atoms with E-state index in [0.717, 1.165) is 21.3 Å². The number of hydrogen-bond acceptors (Lipinski definition) is 2. The second kappa shape index (κ2) is 4.88. The molecule has 0 unspecified atom stereocenters. The maximum atomic E-state index is 5.84. The van der Waals surface area contributed by atoms with Crippen molar-refractivity contribution < 1.29 is 4.74 Å². The molecule has 0 amide bonds. The lowest BCUT2D eigenvalue weighted by Crippen LogP contribution is -1.94. The van der Waals surface area contributed by atoms with E-state index in [1.54, 1.807) is 6.20 Å². The summed E-state index contributed by atoms with van der Waals surface area (Å²) in [6.07, 6.45) is 1.74. The first kappa shape index (κ1) is 12.1. The van der Waals surface area contributed by atoms with E-state index in [1.165, 1.54) is 5.56 Å². The number of nitrogens with zero attached hydrogens (tertiary/aromatic N) is 1. The molecule has 0 aliphatic heterocycles. The van der Waals surface area contributed by atoms with Crippen LogP contribution >= 0.6 is 15.9 Å². The van der Waals surface area contributed by atoms with E-state index in [9.17, 15) is 0 Å². The Morgan fingerprint density at radius 3 is 2.59 bits per heavy atom. The lowest BCUT2D eigenvalue weighted by Gasteiger charge is -2.11. The maximum Gasteiger partial charge on any atom is 0.222 e. The molecule has 0 spiro atoms. The van der Waals surface area contributed by atoms with Crippen LogP contribution in [0.2, 0.25) is 0 Å². The van der Waals surface area contributed by atoms with Gasteiger partial charge in [0, 0.05) is 16.2 Å². The van der Waals surface area contributed by atoms with Gasteiger partial charge in [-0.25, -0.2) is 4.98 Å². The van der Waals surface area contributed by atoms with Crippen molar-refractivity contribution in [1.82, 2.24) is 4.98 Å². The highest BCUT2D eigenvalue weighted by Crippen LogP contribution is 2.28. The summed E-state index contributed by atoms with van der Waals surface area (Å²) in [6, 6.07) is 8.02. The van der Waals surface area contributed by atoms with Gasteiger partial charge in [0.1, 0.15) is 5.75 Å². The Bertz CT molecular complexity index is 552. The first-order valence-corrected chi connectivity index (χ1v) is 6.23. The molecule has 17 heavy (non-hydrogen) atoms. The Hall–Kier alpha value is -1.35. The molecule has 2 rings (SSSR count). The minimum atomic E-state index is 0.655. The van der Waals surface area contributed by atoms with E-state index in [4.69, 9.17) is 4.74 Å². The summed E-state index contributed by atoms with van der Waals surface area (Å²) in [6.45, 7) is 6.11. The van der Waals surface area contributed by atoms with Crippen molar-refractivity contribution in [2.75, 3.05) is 0 Å². The monoisotopic (exact) mass is 291 g/mol. The van der Waals surface area contributed by atoms with Gasteiger partial charge in [0.15, 0.2) is 0 Å². The summed E-state index contributed by atoms with van der Waals surface area (Å²) in [4.78, 5) is 4.27. The van der Waals surface area contributed by atoms with Crippen LogP contribution in [0.3, 0.4) is 0 Å². The van der Waals surface area contributed by atoms with Crippen LogP contribution in [0.25, 0.3) is 0 Å². The molecule has 0 saturated carbocycles. The number of rotatable bonds is 2. The van der Waals surface area contributed by atoms with Crippen molar-refractivity contribution in [3.8, 4) is 11.6 Å². The van der Waals surface area contributed by atoms with Gasteiger partial charge in [-0.1, -0.05) is 12.1 Å². The van der Waals surface area contributed by atoms with Gasteiger partial charge < -0.3 is 4.74 Å². The SMILES string of the molecule is Cc1cc(Br)cnc1Oc1cccc(C)c1C. The molecule has 1 aromatic heterocycles. The van der Waals surface area contributed by atoms with Crippen molar-refractivity contribution in [2.24, 2.45) is 0 Å². The Morgan fingerprint density at radius 1 is 1.12 bits per heavy atom. The number of pyridine rings is 1. The quantitative estimate of drug-likeness (QED) is 0.809. The van der Waals surface area contributed by atoms with Crippen LogP contribution in [-0.2, 0) is 0 Å². The molecular formula is C14H14BrNO. The highest BCUT2D eigenvalue weighted by Gasteiger charge is 2.07. The Labute approximate surface area is 110 Å². The zero-order valence-electron chi connectivity index (χ0n) is 10.1. The van der Waals surface area contributed by atoms with Crippen molar-refractivity contribution in [3.05, 3.63) is 51.6 Å². The molecule has 0 aliphatic carbocycles. The maximum absolute atomic E-state index is 5.84. The fourth-order valence-electron chi connectivity index (χ4n) is 1.57. The van der Waals surface area contributed by atoms with Gasteiger partial charge in [0.2, 0.25) is 5.88 Å². The minimum Gasteiger partial charge on any atom is -0.438 e. The normalized spacial score (nSPS) is 10.4. The van der Waals surface area contributed by atoms with Crippen LogP contribution in [0, 0.1) is 20.8 Å². The molecule has 0 atom stereocenters. The van der Waals surface area contributed by atoms with Crippen LogP contribution < -0.4 is 4.74 Å². The molecule has 3 heteroatoms. The van der Waals surface area contributed by atoms with Gasteiger partial charge >= 0.3 is 0 Å². The summed E-state index contributed by atoms with van der Waals surface area (Å²) in [5.41, 5.74) is 3.38. The number of ether oxygens (including phenoxy) is 1. The Kier molecular flexibility index (Phi) is 3.48. The van der Waals surface area contributed by atoms with E-state index < -0.39 is 0 Å². The third-order valence-corrected chi connectivity index (χ3v) is 3.19. The smallest absolute Gasteiger partial charge is 0.222 e. The van der Waals surface area contributed by atoms with Crippen LogP contribution in [0.5, 0.6) is 11.6 Å². The topological polar surface area (TPSA) is 22.1 Å². The van der Waals surface area contributed by atoms with Gasteiger partial charge in [-0.3, -0.25) is 0 Å². The van der Waals surface area contributed by atoms with Gasteiger partial charge in [-0.15, -0.1) is 0 Å². The number of aryl methyl sites for hydroxylation is 2. The van der Waals surface area contributed by atoms with Crippen molar-refractivity contribution in [3.63, 3.8) is 0 Å². The largest absolute Gasteiger partial charge is 0.438 e. The summed E-state index contributed by atoms with van der Waals surface area (Å²) < 4.78 is 6.81. The van der Waals surface area contributed by atoms with Crippen LogP contribution in [-0.4, -0.2) is 4.98 Å². The minimum absolute atomic E-state index is 0.655. The van der Waals surface area contributed by atoms with E-state index in [-0.39, 0.29) is 0 Å². The number of aromatic nitrogens is 1. The lowest BCUT2D eigenvalue weighted by atomic mass is 10.1. The zero-order valence-corrected chi connectivity index (χ0v) is 11.7. The molecule has 88 valence electrons. The van der Waals surface area contributed by atoms with E-state index in [0.29, 0.717) is 5.88 Å². The average Bonchev–Trinajstić information content (AvgIpc) is 2.28. The fourth-order valence-corrected chi connectivity index (χ4v) is 2.02. The number of benzene rings is 1. The van der Waals surface area contributed by atoms with Gasteiger partial charge in [0.25, 0.3) is 0 Å². The molecule has 0 aliphatic rings. The summed E-state index contributed by atoms with van der Waals surface area (Å²) in [5.74, 6) is 1.52. The lowest BCUT2D eigenvalue weighted by molar-refractivity contribution is 0.455. The average molecular weight is 292 g/mol. The fraction of sp³-hybridized carbons (Fsp3) is 0.214. The molecule has 0 N–H and O–H groups in total. The molecule has 2 aromatic rings. The third kappa shape index (κ3) is 2.67. The number of hydrogen-bond donors (Lipinski definition) is 0. The van der Waals surface area contributed by atoms with Gasteiger partial charge in [0.05, 0.1) is 0 Å². The van der Waals surface area contributed by atoms with E-state index in [1.807, 2.05) is 25.1 Å². The predicted octanol–water partition coefficient (Wildman–Crippen LogP) is 4.56. The summed E-state index contributed by atoms with van der Waals surface area (Å²) in [5, 5.41) is 0. The molecule has 0 saturated heterocycles. The molecule has 0 bridgehead atoms. The molecule has 1 aromatic carbocycles. The Morgan fingerprint density at radius 2 is 1.88 bits per heavy atom. The van der Waals surface area contributed by atoms with Crippen molar-refractivity contribution >= 4 is 15.9 Å². The standard InChI is InChI=1S/C14H14BrNO/c1-9-5-4-6-13(11(9)3)17-14-10(2)7-12(15)8-16-14/h4-8H,1-3H3. The molecule has 1 heterocycles. The van der Waals surface area contributed by atoms with Gasteiger partial charge in [-0.2, -0.15) is 0 Å². The predicted molar refractivity (Wildman–Crippen MR) is 72.7 cm³/mol. The molecular weight excluding hydrogens is 278 g/mol. The van der Waals surface area contributed by atoms with E-state index >= 15 is 0 Å². The second-order valence-corrected chi connectivity index (χ2v) is 4.99. The number of halogens is 1. The molecule has 0 fully saturated rings. The third-order valence-electron chi connectivity index (χ3n) is 2.76. The highest BCUT2D eigenvalue weighted by atomic mass is 79.9. The summed E-state index contributed by atoms with van der Waals surface area (Å²) in [7, 11) is 0. The first-order chi connectivity index (χ1) is 8.08. The van der Waals surface area contributed by atoms with E-state index in [2.05, 4.69) is 40.8 Å². The molecule has 2 nitrogen and oxygen atoms in total. The van der Waals surface area contributed by atoms with Crippen LogP contribution in [0.15, 0.2) is 34.9 Å². The molecule has 0 radical (unpaired) electrons. The first-order valence-electron chi connectivity index (χ1n) is 5.44. The van der Waals surface area contributed by atoms with Crippen molar-refractivity contribution in [2.45, 2.75) is 20.8 Å².